The van der Waals surface area contributed by atoms with Gasteiger partial charge in [-0.3, -0.25) is 4.79 Å². The van der Waals surface area contributed by atoms with Crippen LogP contribution in [0.15, 0.2) is 30.3 Å². The highest BCUT2D eigenvalue weighted by atomic mass is 16.7. The first-order valence-electron chi connectivity index (χ1n) is 10.2. The van der Waals surface area contributed by atoms with Crippen molar-refractivity contribution in [3.8, 4) is 0 Å². The molecule has 4 rings (SSSR count). The normalized spacial score (nSPS) is 34.1. The molecule has 6 nitrogen and oxygen atoms in total. The number of fused-ring (bicyclic) bond motifs is 1. The maximum atomic E-state index is 13.1. The maximum absolute atomic E-state index is 13.1. The first kappa shape index (κ1) is 19.8. The molecule has 1 amide bonds. The summed E-state index contributed by atoms with van der Waals surface area (Å²) in [4.78, 5) is 13.1. The number of aliphatic hydroxyl groups excluding tert-OH is 2. The standard InChI is InChI=1S/C22H31NO5/c1-21(2)12-27-22(28-13-21)9-15-8-18(25)19(16(15)10-22)20(26)23-17(11-24)14-6-4-3-5-7-14/h3-7,15-19,24-25H,8-13H2,1-2H3,(H,23,26). The summed E-state index contributed by atoms with van der Waals surface area (Å²) in [5.41, 5.74) is 0.856. The van der Waals surface area contributed by atoms with Gasteiger partial charge >= 0.3 is 0 Å². The number of aliphatic hydroxyl groups is 2. The number of nitrogens with one attached hydrogen (secondary N) is 1. The fraction of sp³-hybridized carbons (Fsp3) is 0.682. The number of amides is 1. The molecule has 0 radical (unpaired) electrons. The molecule has 1 aromatic rings. The maximum Gasteiger partial charge on any atom is 0.226 e. The van der Waals surface area contributed by atoms with Crippen molar-refractivity contribution in [3.05, 3.63) is 35.9 Å². The van der Waals surface area contributed by atoms with E-state index in [2.05, 4.69) is 19.2 Å². The van der Waals surface area contributed by atoms with E-state index >= 15 is 0 Å². The molecule has 154 valence electrons. The van der Waals surface area contributed by atoms with Gasteiger partial charge in [0, 0.05) is 18.3 Å². The molecule has 1 heterocycles. The molecule has 3 fully saturated rings. The van der Waals surface area contributed by atoms with Crippen LogP contribution in [0.3, 0.4) is 0 Å². The third kappa shape index (κ3) is 3.71. The lowest BCUT2D eigenvalue weighted by atomic mass is 9.89. The van der Waals surface area contributed by atoms with Crippen LogP contribution < -0.4 is 5.32 Å². The fourth-order valence-corrected chi connectivity index (χ4v) is 5.11. The van der Waals surface area contributed by atoms with E-state index in [-0.39, 0.29) is 29.8 Å². The molecule has 0 bridgehead atoms. The van der Waals surface area contributed by atoms with Crippen LogP contribution >= 0.6 is 0 Å². The van der Waals surface area contributed by atoms with Crippen LogP contribution in [0.1, 0.15) is 44.7 Å². The van der Waals surface area contributed by atoms with E-state index in [1.807, 2.05) is 30.3 Å². The third-order valence-corrected chi connectivity index (χ3v) is 6.60. The number of hydrogen-bond donors (Lipinski definition) is 3. The van der Waals surface area contributed by atoms with Gasteiger partial charge in [0.2, 0.25) is 5.91 Å². The first-order chi connectivity index (χ1) is 13.3. The van der Waals surface area contributed by atoms with Crippen LogP contribution in [0.4, 0.5) is 0 Å². The summed E-state index contributed by atoms with van der Waals surface area (Å²) in [6.45, 7) is 5.35. The molecule has 5 atom stereocenters. The van der Waals surface area contributed by atoms with Crippen LogP contribution in [-0.4, -0.2) is 47.8 Å². The minimum Gasteiger partial charge on any atom is -0.394 e. The zero-order valence-electron chi connectivity index (χ0n) is 16.6. The smallest absolute Gasteiger partial charge is 0.226 e. The monoisotopic (exact) mass is 389 g/mol. The van der Waals surface area contributed by atoms with E-state index in [0.29, 0.717) is 26.1 Å². The van der Waals surface area contributed by atoms with Gasteiger partial charge in [-0.2, -0.15) is 0 Å². The lowest BCUT2D eigenvalue weighted by molar-refractivity contribution is -0.298. The molecule has 28 heavy (non-hydrogen) atoms. The molecule has 1 saturated heterocycles. The SMILES string of the molecule is CC1(C)COC2(CC3CC(O)C(C(=O)NC(CO)c4ccccc4)C3C2)OC1. The molecule has 2 saturated carbocycles. The van der Waals surface area contributed by atoms with Gasteiger partial charge in [0.1, 0.15) is 0 Å². The zero-order chi connectivity index (χ0) is 19.9. The largest absolute Gasteiger partial charge is 0.394 e. The first-order valence-corrected chi connectivity index (χ1v) is 10.2. The predicted molar refractivity (Wildman–Crippen MR) is 103 cm³/mol. The van der Waals surface area contributed by atoms with E-state index in [1.165, 1.54) is 0 Å². The van der Waals surface area contributed by atoms with Crippen molar-refractivity contribution >= 4 is 5.91 Å². The third-order valence-electron chi connectivity index (χ3n) is 6.60. The Morgan fingerprint density at radius 1 is 1.21 bits per heavy atom. The second-order valence-corrected chi connectivity index (χ2v) is 9.47. The summed E-state index contributed by atoms with van der Waals surface area (Å²) in [5.74, 6) is -1.05. The molecule has 3 N–H and O–H groups in total. The Kier molecular flexibility index (Phi) is 5.25. The van der Waals surface area contributed by atoms with Gasteiger partial charge in [-0.1, -0.05) is 44.2 Å². The summed E-state index contributed by atoms with van der Waals surface area (Å²) in [5, 5.41) is 23.3. The van der Waals surface area contributed by atoms with Gasteiger partial charge < -0.3 is 25.0 Å². The zero-order valence-corrected chi connectivity index (χ0v) is 16.6. The molecular weight excluding hydrogens is 358 g/mol. The fourth-order valence-electron chi connectivity index (χ4n) is 5.11. The highest BCUT2D eigenvalue weighted by molar-refractivity contribution is 5.80. The summed E-state index contributed by atoms with van der Waals surface area (Å²) < 4.78 is 12.3. The van der Waals surface area contributed by atoms with E-state index < -0.39 is 23.9 Å². The molecule has 5 unspecified atom stereocenters. The Hall–Kier alpha value is -1.47. The molecular formula is C22H31NO5. The van der Waals surface area contributed by atoms with Gasteiger partial charge in [0.25, 0.3) is 0 Å². The molecule has 3 aliphatic rings. The predicted octanol–water partition coefficient (Wildman–Crippen LogP) is 2.01. The lowest BCUT2D eigenvalue weighted by Crippen LogP contribution is -2.47. The summed E-state index contributed by atoms with van der Waals surface area (Å²) in [6, 6.07) is 8.94. The Morgan fingerprint density at radius 2 is 1.89 bits per heavy atom. The van der Waals surface area contributed by atoms with Crippen LogP contribution in [0.2, 0.25) is 0 Å². The topological polar surface area (TPSA) is 88.0 Å². The van der Waals surface area contributed by atoms with Crippen molar-refractivity contribution in [2.24, 2.45) is 23.2 Å². The van der Waals surface area contributed by atoms with Crippen molar-refractivity contribution in [1.82, 2.24) is 5.32 Å². The Morgan fingerprint density at radius 3 is 2.54 bits per heavy atom. The van der Waals surface area contributed by atoms with Crippen molar-refractivity contribution in [2.75, 3.05) is 19.8 Å². The summed E-state index contributed by atoms with van der Waals surface area (Å²) in [6.07, 6.45) is 1.30. The van der Waals surface area contributed by atoms with Crippen molar-refractivity contribution in [3.63, 3.8) is 0 Å². The number of carbonyl (C=O) groups is 1. The highest BCUT2D eigenvalue weighted by Gasteiger charge is 2.58. The number of benzene rings is 1. The van der Waals surface area contributed by atoms with Gasteiger partial charge in [-0.15, -0.1) is 0 Å². The summed E-state index contributed by atoms with van der Waals surface area (Å²) >= 11 is 0. The number of carbonyl (C=O) groups excluding carboxylic acids is 1. The van der Waals surface area contributed by atoms with Crippen molar-refractivity contribution in [1.29, 1.82) is 0 Å². The number of rotatable bonds is 4. The van der Waals surface area contributed by atoms with Crippen LogP contribution in [0, 0.1) is 23.2 Å². The average Bonchev–Trinajstić information content (AvgIpc) is 3.16. The highest BCUT2D eigenvalue weighted by Crippen LogP contribution is 2.55. The average molecular weight is 389 g/mol. The molecule has 6 heteroatoms. The minimum absolute atomic E-state index is 0.00325. The van der Waals surface area contributed by atoms with E-state index in [9.17, 15) is 15.0 Å². The number of ether oxygens (including phenoxy) is 2. The second-order valence-electron chi connectivity index (χ2n) is 9.47. The Bertz CT molecular complexity index is 696. The Balaban J connectivity index is 1.45. The molecule has 1 aliphatic heterocycles. The lowest BCUT2D eigenvalue weighted by Gasteiger charge is -2.42. The van der Waals surface area contributed by atoms with Gasteiger partial charge in [-0.05, 0) is 23.8 Å². The van der Waals surface area contributed by atoms with Gasteiger partial charge in [0.15, 0.2) is 5.79 Å². The van der Waals surface area contributed by atoms with Crippen LogP contribution in [0.25, 0.3) is 0 Å². The second kappa shape index (κ2) is 7.41. The van der Waals surface area contributed by atoms with Crippen molar-refractivity contribution in [2.45, 2.75) is 51.0 Å². The van der Waals surface area contributed by atoms with Crippen LogP contribution in [-0.2, 0) is 14.3 Å². The van der Waals surface area contributed by atoms with E-state index in [4.69, 9.17) is 9.47 Å². The molecule has 0 aromatic heterocycles. The molecule has 1 aromatic carbocycles. The van der Waals surface area contributed by atoms with Crippen molar-refractivity contribution < 1.29 is 24.5 Å². The number of hydrogen-bond acceptors (Lipinski definition) is 5. The van der Waals surface area contributed by atoms with E-state index in [0.717, 1.165) is 12.0 Å². The van der Waals surface area contributed by atoms with Crippen LogP contribution in [0.5, 0.6) is 0 Å². The van der Waals surface area contributed by atoms with Gasteiger partial charge in [0.05, 0.1) is 37.9 Å². The minimum atomic E-state index is -0.664. The van der Waals surface area contributed by atoms with E-state index in [1.54, 1.807) is 0 Å². The molecule has 1 spiro atoms. The Labute approximate surface area is 166 Å². The molecule has 2 aliphatic carbocycles. The van der Waals surface area contributed by atoms with Gasteiger partial charge in [-0.25, -0.2) is 0 Å². The quantitative estimate of drug-likeness (QED) is 0.733. The summed E-state index contributed by atoms with van der Waals surface area (Å²) in [7, 11) is 0.